The summed E-state index contributed by atoms with van der Waals surface area (Å²) >= 11 is 0. The molecule has 1 saturated heterocycles. The van der Waals surface area contributed by atoms with Crippen LogP contribution in [0.1, 0.15) is 32.6 Å². The van der Waals surface area contributed by atoms with Crippen molar-refractivity contribution in [2.24, 2.45) is 0 Å². The van der Waals surface area contributed by atoms with Gasteiger partial charge in [-0.2, -0.15) is 4.39 Å². The Balaban J connectivity index is 2.63. The van der Waals surface area contributed by atoms with Gasteiger partial charge in [-0.25, -0.2) is 4.79 Å². The molecule has 1 aliphatic rings. The van der Waals surface area contributed by atoms with Crippen molar-refractivity contribution in [1.82, 2.24) is 0 Å². The van der Waals surface area contributed by atoms with E-state index < -0.39 is 11.8 Å². The van der Waals surface area contributed by atoms with E-state index in [1.807, 2.05) is 6.92 Å². The quantitative estimate of drug-likeness (QED) is 0.714. The van der Waals surface area contributed by atoms with Gasteiger partial charge in [-0.15, -0.1) is 0 Å². The first-order chi connectivity index (χ1) is 6.65. The van der Waals surface area contributed by atoms with Crippen LogP contribution in [0.4, 0.5) is 4.39 Å². The molecule has 14 heavy (non-hydrogen) atoms. The zero-order valence-corrected chi connectivity index (χ0v) is 8.25. The molecule has 1 aliphatic heterocycles. The highest BCUT2D eigenvalue weighted by molar-refractivity contribution is 5.84. The Morgan fingerprint density at radius 1 is 1.71 bits per heavy atom. The lowest BCUT2D eigenvalue weighted by Gasteiger charge is -2.24. The van der Waals surface area contributed by atoms with Gasteiger partial charge in [0.15, 0.2) is 0 Å². The molecule has 0 spiro atoms. The second kappa shape index (κ2) is 5.10. The lowest BCUT2D eigenvalue weighted by atomic mass is 9.98. The van der Waals surface area contributed by atoms with Crippen LogP contribution in [0.25, 0.3) is 0 Å². The average molecular weight is 202 g/mol. The number of hydrogen-bond donors (Lipinski definition) is 1. The molecule has 0 aromatic carbocycles. The summed E-state index contributed by atoms with van der Waals surface area (Å²) in [5, 5.41) is 8.48. The van der Waals surface area contributed by atoms with Crippen LogP contribution < -0.4 is 0 Å². The Labute approximate surface area is 82.6 Å². The molecule has 3 nitrogen and oxygen atoms in total. The number of carboxylic acids is 1. The zero-order valence-electron chi connectivity index (χ0n) is 8.25. The standard InChI is InChI=1S/C10H15FO3/c1-2-3-8-6-7(4-5-14-8)9(11)10(12)13/h8H,2-6H2,1H3,(H,12,13). The van der Waals surface area contributed by atoms with E-state index in [0.717, 1.165) is 12.8 Å². The molecule has 1 rings (SSSR count). The smallest absolute Gasteiger partial charge is 0.364 e. The van der Waals surface area contributed by atoms with E-state index in [-0.39, 0.29) is 6.10 Å². The van der Waals surface area contributed by atoms with Crippen molar-refractivity contribution < 1.29 is 19.0 Å². The molecule has 1 atom stereocenters. The van der Waals surface area contributed by atoms with Gasteiger partial charge in [-0.3, -0.25) is 0 Å². The molecule has 1 N–H and O–H groups in total. The number of aliphatic carboxylic acids is 1. The van der Waals surface area contributed by atoms with E-state index in [1.165, 1.54) is 0 Å². The number of rotatable bonds is 3. The Kier molecular flexibility index (Phi) is 4.07. The summed E-state index contributed by atoms with van der Waals surface area (Å²) in [7, 11) is 0. The van der Waals surface area contributed by atoms with Gasteiger partial charge in [0.1, 0.15) is 0 Å². The van der Waals surface area contributed by atoms with E-state index in [2.05, 4.69) is 0 Å². The minimum atomic E-state index is -1.46. The van der Waals surface area contributed by atoms with E-state index in [1.54, 1.807) is 0 Å². The predicted molar refractivity (Wildman–Crippen MR) is 49.7 cm³/mol. The summed E-state index contributed by atoms with van der Waals surface area (Å²) in [4.78, 5) is 10.4. The van der Waals surface area contributed by atoms with Crippen LogP contribution in [0.3, 0.4) is 0 Å². The second-order valence-electron chi connectivity index (χ2n) is 3.46. The Morgan fingerprint density at radius 2 is 2.43 bits per heavy atom. The van der Waals surface area contributed by atoms with Crippen molar-refractivity contribution in [2.75, 3.05) is 6.61 Å². The summed E-state index contributed by atoms with van der Waals surface area (Å²) < 4.78 is 18.4. The van der Waals surface area contributed by atoms with Crippen molar-refractivity contribution in [1.29, 1.82) is 0 Å². The van der Waals surface area contributed by atoms with Crippen molar-refractivity contribution in [3.8, 4) is 0 Å². The molecule has 0 amide bonds. The molecule has 0 aromatic heterocycles. The van der Waals surface area contributed by atoms with Gasteiger partial charge in [0, 0.05) is 0 Å². The number of hydrogen-bond acceptors (Lipinski definition) is 2. The summed E-state index contributed by atoms with van der Waals surface area (Å²) in [6.45, 7) is 2.45. The maximum Gasteiger partial charge on any atom is 0.364 e. The second-order valence-corrected chi connectivity index (χ2v) is 3.46. The fourth-order valence-corrected chi connectivity index (χ4v) is 1.64. The molecule has 80 valence electrons. The lowest BCUT2D eigenvalue weighted by Crippen LogP contribution is -2.22. The van der Waals surface area contributed by atoms with Crippen molar-refractivity contribution in [2.45, 2.75) is 38.7 Å². The zero-order chi connectivity index (χ0) is 10.6. The van der Waals surface area contributed by atoms with Gasteiger partial charge >= 0.3 is 5.97 Å². The van der Waals surface area contributed by atoms with Crippen molar-refractivity contribution in [3.05, 3.63) is 11.4 Å². The first-order valence-corrected chi connectivity index (χ1v) is 4.87. The fraction of sp³-hybridized carbons (Fsp3) is 0.700. The predicted octanol–water partition coefficient (Wildman–Crippen LogP) is 2.27. The minimum absolute atomic E-state index is 0.00569. The first kappa shape index (κ1) is 11.2. The summed E-state index contributed by atoms with van der Waals surface area (Å²) in [6, 6.07) is 0. The highest BCUT2D eigenvalue weighted by Crippen LogP contribution is 2.25. The third kappa shape index (κ3) is 2.80. The number of ether oxygens (including phenoxy) is 1. The maximum atomic E-state index is 13.0. The van der Waals surface area contributed by atoms with Crippen molar-refractivity contribution in [3.63, 3.8) is 0 Å². The molecule has 1 heterocycles. The summed E-state index contributed by atoms with van der Waals surface area (Å²) in [6.07, 6.45) is 2.64. The SMILES string of the molecule is CCCC1CC(=C(F)C(=O)O)CCO1. The number of carboxylic acid groups (broad SMARTS) is 1. The molecule has 1 fully saturated rings. The lowest BCUT2D eigenvalue weighted by molar-refractivity contribution is -0.134. The molecule has 1 unspecified atom stereocenters. The van der Waals surface area contributed by atoms with Crippen LogP contribution in [0.15, 0.2) is 11.4 Å². The number of halogens is 1. The average Bonchev–Trinajstić information content (AvgIpc) is 2.17. The van der Waals surface area contributed by atoms with Gasteiger partial charge in [0.05, 0.1) is 12.7 Å². The van der Waals surface area contributed by atoms with Gasteiger partial charge in [0.2, 0.25) is 5.83 Å². The van der Waals surface area contributed by atoms with Crippen LogP contribution in [-0.4, -0.2) is 23.8 Å². The van der Waals surface area contributed by atoms with E-state index in [0.29, 0.717) is 25.0 Å². The van der Waals surface area contributed by atoms with Crippen LogP contribution in [0.5, 0.6) is 0 Å². The van der Waals surface area contributed by atoms with Gasteiger partial charge in [0.25, 0.3) is 0 Å². The summed E-state index contributed by atoms with van der Waals surface area (Å²) in [5.41, 5.74) is 0.391. The van der Waals surface area contributed by atoms with Gasteiger partial charge in [-0.05, 0) is 24.8 Å². The number of carbonyl (C=O) groups is 1. The maximum absolute atomic E-state index is 13.0. The largest absolute Gasteiger partial charge is 0.476 e. The highest BCUT2D eigenvalue weighted by atomic mass is 19.1. The Bertz CT molecular complexity index is 246. The van der Waals surface area contributed by atoms with E-state index in [9.17, 15) is 9.18 Å². The minimum Gasteiger partial charge on any atom is -0.476 e. The molecule has 0 saturated carbocycles. The molecular formula is C10H15FO3. The third-order valence-corrected chi connectivity index (χ3v) is 2.34. The van der Waals surface area contributed by atoms with Crippen LogP contribution in [-0.2, 0) is 9.53 Å². The summed E-state index contributed by atoms with van der Waals surface area (Å²) in [5.74, 6) is -2.45. The molecule has 0 aliphatic carbocycles. The molecular weight excluding hydrogens is 187 g/mol. The van der Waals surface area contributed by atoms with E-state index in [4.69, 9.17) is 9.84 Å². The molecule has 0 radical (unpaired) electrons. The topological polar surface area (TPSA) is 46.5 Å². The van der Waals surface area contributed by atoms with Crippen LogP contribution >= 0.6 is 0 Å². The monoisotopic (exact) mass is 202 g/mol. The highest BCUT2D eigenvalue weighted by Gasteiger charge is 2.22. The van der Waals surface area contributed by atoms with Crippen LogP contribution in [0.2, 0.25) is 0 Å². The molecule has 0 bridgehead atoms. The first-order valence-electron chi connectivity index (χ1n) is 4.87. The van der Waals surface area contributed by atoms with Gasteiger partial charge in [-0.1, -0.05) is 13.3 Å². The fourth-order valence-electron chi connectivity index (χ4n) is 1.64. The normalized spacial score (nSPS) is 26.0. The van der Waals surface area contributed by atoms with Crippen molar-refractivity contribution >= 4 is 5.97 Å². The third-order valence-electron chi connectivity index (χ3n) is 2.34. The Hall–Kier alpha value is -0.900. The molecule has 4 heteroatoms. The van der Waals surface area contributed by atoms with Gasteiger partial charge < -0.3 is 9.84 Å². The van der Waals surface area contributed by atoms with Crippen LogP contribution in [0, 0.1) is 0 Å². The molecule has 0 aromatic rings. The Morgan fingerprint density at radius 3 is 3.00 bits per heavy atom. The van der Waals surface area contributed by atoms with E-state index >= 15 is 0 Å².